The van der Waals surface area contributed by atoms with E-state index in [1.807, 2.05) is 62.4 Å². The van der Waals surface area contributed by atoms with Crippen molar-refractivity contribution >= 4 is 22.7 Å². The molecule has 6 nitrogen and oxygen atoms in total. The SMILES string of the molecule is CC(C)OC(=O)Nc1ccc(-c2cc3ccc(Oc4ccccn4)cc3n2CC2CC2)cc1. The van der Waals surface area contributed by atoms with Crippen LogP contribution in [0.4, 0.5) is 10.5 Å². The van der Waals surface area contributed by atoms with Crippen LogP contribution in [-0.2, 0) is 11.3 Å². The molecule has 1 aliphatic carbocycles. The lowest BCUT2D eigenvalue weighted by Crippen LogP contribution is -2.17. The third kappa shape index (κ3) is 5.00. The fourth-order valence-corrected chi connectivity index (χ4v) is 3.91. The van der Waals surface area contributed by atoms with E-state index < -0.39 is 6.09 Å². The molecule has 5 rings (SSSR count). The number of benzene rings is 2. The predicted octanol–water partition coefficient (Wildman–Crippen LogP) is 6.86. The largest absolute Gasteiger partial charge is 0.447 e. The van der Waals surface area contributed by atoms with Crippen molar-refractivity contribution in [3.8, 4) is 22.9 Å². The number of hydrogen-bond acceptors (Lipinski definition) is 4. The zero-order chi connectivity index (χ0) is 22.8. The Kier molecular flexibility index (Phi) is 5.73. The molecule has 2 aromatic heterocycles. The van der Waals surface area contributed by atoms with Crippen molar-refractivity contribution in [1.82, 2.24) is 9.55 Å². The van der Waals surface area contributed by atoms with Crippen LogP contribution in [-0.4, -0.2) is 21.7 Å². The number of fused-ring (bicyclic) bond motifs is 1. The summed E-state index contributed by atoms with van der Waals surface area (Å²) in [5, 5.41) is 3.94. The molecule has 1 fully saturated rings. The van der Waals surface area contributed by atoms with Gasteiger partial charge >= 0.3 is 6.09 Å². The fraction of sp³-hybridized carbons (Fsp3) is 0.259. The first-order valence-electron chi connectivity index (χ1n) is 11.4. The molecule has 0 atom stereocenters. The second-order valence-corrected chi connectivity index (χ2v) is 8.73. The number of amides is 1. The van der Waals surface area contributed by atoms with Crippen molar-refractivity contribution in [3.05, 3.63) is 72.9 Å². The molecule has 1 saturated carbocycles. The van der Waals surface area contributed by atoms with Gasteiger partial charge in [0.15, 0.2) is 0 Å². The van der Waals surface area contributed by atoms with E-state index in [1.165, 1.54) is 18.2 Å². The van der Waals surface area contributed by atoms with Gasteiger partial charge in [-0.05, 0) is 74.6 Å². The van der Waals surface area contributed by atoms with Crippen LogP contribution in [0.1, 0.15) is 26.7 Å². The second kappa shape index (κ2) is 8.98. The van der Waals surface area contributed by atoms with E-state index in [2.05, 4.69) is 33.1 Å². The van der Waals surface area contributed by atoms with Crippen molar-refractivity contribution in [2.45, 2.75) is 39.3 Å². The standard InChI is InChI=1S/C27H27N3O3/c1-18(2)32-27(31)29-22-11-8-20(9-12-22)24-15-21-10-13-23(33-26-5-3-4-14-28-26)16-25(21)30(24)17-19-6-7-19/h3-5,8-16,18-19H,6-7,17H2,1-2H3,(H,29,31). The van der Waals surface area contributed by atoms with Gasteiger partial charge in [-0.25, -0.2) is 9.78 Å². The lowest BCUT2D eigenvalue weighted by atomic mass is 10.1. The summed E-state index contributed by atoms with van der Waals surface area (Å²) in [5.41, 5.74) is 4.11. The highest BCUT2D eigenvalue weighted by atomic mass is 16.6. The molecule has 1 aliphatic rings. The Morgan fingerprint density at radius 1 is 1.09 bits per heavy atom. The van der Waals surface area contributed by atoms with Crippen LogP contribution in [0.25, 0.3) is 22.2 Å². The van der Waals surface area contributed by atoms with Gasteiger partial charge in [-0.3, -0.25) is 5.32 Å². The number of rotatable bonds is 7. The summed E-state index contributed by atoms with van der Waals surface area (Å²) in [6.07, 6.45) is 3.66. The average Bonchev–Trinajstić information content (AvgIpc) is 3.55. The summed E-state index contributed by atoms with van der Waals surface area (Å²) in [4.78, 5) is 16.2. The fourth-order valence-electron chi connectivity index (χ4n) is 3.91. The highest BCUT2D eigenvalue weighted by molar-refractivity contribution is 5.89. The van der Waals surface area contributed by atoms with Gasteiger partial charge in [0.1, 0.15) is 5.75 Å². The molecule has 2 aromatic carbocycles. The average molecular weight is 442 g/mol. The van der Waals surface area contributed by atoms with Crippen molar-refractivity contribution < 1.29 is 14.3 Å². The highest BCUT2D eigenvalue weighted by Gasteiger charge is 2.24. The maximum atomic E-state index is 11.9. The van der Waals surface area contributed by atoms with Crippen LogP contribution in [0.15, 0.2) is 72.9 Å². The van der Waals surface area contributed by atoms with Gasteiger partial charge in [0, 0.05) is 41.6 Å². The molecule has 1 amide bonds. The summed E-state index contributed by atoms with van der Waals surface area (Å²) >= 11 is 0. The zero-order valence-electron chi connectivity index (χ0n) is 18.8. The lowest BCUT2D eigenvalue weighted by molar-refractivity contribution is 0.130. The lowest BCUT2D eigenvalue weighted by Gasteiger charge is -2.13. The molecule has 0 unspecified atom stereocenters. The van der Waals surface area contributed by atoms with E-state index in [1.54, 1.807) is 6.20 Å². The summed E-state index contributed by atoms with van der Waals surface area (Å²) in [7, 11) is 0. The van der Waals surface area contributed by atoms with E-state index in [9.17, 15) is 4.79 Å². The van der Waals surface area contributed by atoms with Gasteiger partial charge in [0.05, 0.1) is 11.6 Å². The summed E-state index contributed by atoms with van der Waals surface area (Å²) in [6.45, 7) is 4.63. The Balaban J connectivity index is 1.45. The molecule has 1 N–H and O–H groups in total. The number of nitrogens with zero attached hydrogens (tertiary/aromatic N) is 2. The van der Waals surface area contributed by atoms with E-state index in [0.717, 1.165) is 29.1 Å². The number of nitrogens with one attached hydrogen (secondary N) is 1. The normalized spacial score (nSPS) is 13.3. The van der Waals surface area contributed by atoms with Gasteiger partial charge in [-0.2, -0.15) is 0 Å². The van der Waals surface area contributed by atoms with Gasteiger partial charge in [0.25, 0.3) is 0 Å². The molecule has 0 aliphatic heterocycles. The van der Waals surface area contributed by atoms with Crippen molar-refractivity contribution in [1.29, 1.82) is 0 Å². The van der Waals surface area contributed by atoms with Crippen molar-refractivity contribution in [3.63, 3.8) is 0 Å². The minimum atomic E-state index is -0.443. The van der Waals surface area contributed by atoms with E-state index >= 15 is 0 Å². The number of ether oxygens (including phenoxy) is 2. The quantitative estimate of drug-likeness (QED) is 0.340. The Morgan fingerprint density at radius 3 is 2.61 bits per heavy atom. The van der Waals surface area contributed by atoms with Crippen LogP contribution in [0, 0.1) is 5.92 Å². The van der Waals surface area contributed by atoms with Crippen molar-refractivity contribution in [2.75, 3.05) is 5.32 Å². The number of carbonyl (C=O) groups excluding carboxylic acids is 1. The van der Waals surface area contributed by atoms with Gasteiger partial charge in [-0.15, -0.1) is 0 Å². The van der Waals surface area contributed by atoms with Gasteiger partial charge in [-0.1, -0.05) is 18.2 Å². The number of carbonyl (C=O) groups is 1. The second-order valence-electron chi connectivity index (χ2n) is 8.73. The molecule has 33 heavy (non-hydrogen) atoms. The minimum absolute atomic E-state index is 0.158. The first kappa shape index (κ1) is 21.1. The molecular weight excluding hydrogens is 414 g/mol. The number of pyridine rings is 1. The summed E-state index contributed by atoms with van der Waals surface area (Å²) in [5.74, 6) is 2.06. The molecule has 0 spiro atoms. The van der Waals surface area contributed by atoms with E-state index in [-0.39, 0.29) is 6.10 Å². The molecule has 4 aromatic rings. The van der Waals surface area contributed by atoms with E-state index in [0.29, 0.717) is 17.5 Å². The number of hydrogen-bond donors (Lipinski definition) is 1. The Hall–Kier alpha value is -3.80. The molecule has 168 valence electrons. The summed E-state index contributed by atoms with van der Waals surface area (Å²) < 4.78 is 13.5. The van der Waals surface area contributed by atoms with Crippen LogP contribution in [0.3, 0.4) is 0 Å². The molecule has 0 saturated heterocycles. The van der Waals surface area contributed by atoms with Crippen LogP contribution in [0.5, 0.6) is 11.6 Å². The predicted molar refractivity (Wildman–Crippen MR) is 130 cm³/mol. The molecule has 2 heterocycles. The Bertz CT molecular complexity index is 1260. The Labute approximate surface area is 193 Å². The van der Waals surface area contributed by atoms with Crippen LogP contribution >= 0.6 is 0 Å². The molecular formula is C27H27N3O3. The first-order chi connectivity index (χ1) is 16.0. The third-order valence-corrected chi connectivity index (χ3v) is 5.64. The molecule has 0 radical (unpaired) electrons. The number of aromatic nitrogens is 2. The van der Waals surface area contributed by atoms with Gasteiger partial charge < -0.3 is 14.0 Å². The topological polar surface area (TPSA) is 65.4 Å². The van der Waals surface area contributed by atoms with Crippen molar-refractivity contribution in [2.24, 2.45) is 5.92 Å². The number of anilines is 1. The zero-order valence-corrected chi connectivity index (χ0v) is 18.8. The van der Waals surface area contributed by atoms with E-state index in [4.69, 9.17) is 9.47 Å². The first-order valence-corrected chi connectivity index (χ1v) is 11.4. The smallest absolute Gasteiger partial charge is 0.411 e. The monoisotopic (exact) mass is 441 g/mol. The Morgan fingerprint density at radius 2 is 1.91 bits per heavy atom. The maximum absolute atomic E-state index is 11.9. The maximum Gasteiger partial charge on any atom is 0.411 e. The third-order valence-electron chi connectivity index (χ3n) is 5.64. The summed E-state index contributed by atoms with van der Waals surface area (Å²) in [6, 6.07) is 21.9. The molecule has 6 heteroatoms. The highest BCUT2D eigenvalue weighted by Crippen LogP contribution is 2.37. The molecule has 0 bridgehead atoms. The minimum Gasteiger partial charge on any atom is -0.447 e. The van der Waals surface area contributed by atoms with Crippen LogP contribution in [0.2, 0.25) is 0 Å². The van der Waals surface area contributed by atoms with Gasteiger partial charge in [0.2, 0.25) is 5.88 Å². The van der Waals surface area contributed by atoms with Crippen LogP contribution < -0.4 is 10.1 Å².